The molecule has 2 aliphatic heterocycles. The number of nitrogens with zero attached hydrogens (tertiary/aromatic N) is 1. The first kappa shape index (κ1) is 14.9. The van der Waals surface area contributed by atoms with Gasteiger partial charge in [0, 0.05) is 23.7 Å². The van der Waals surface area contributed by atoms with Crippen molar-refractivity contribution in [2.24, 2.45) is 0 Å². The van der Waals surface area contributed by atoms with Crippen molar-refractivity contribution >= 4 is 17.5 Å². The second-order valence-corrected chi connectivity index (χ2v) is 7.16. The van der Waals surface area contributed by atoms with E-state index in [0.717, 1.165) is 37.9 Å². The third-order valence-electron chi connectivity index (χ3n) is 4.99. The number of nitrogens with one attached hydrogen (secondary N) is 1. The molecule has 2 bridgehead atoms. The average molecular weight is 307 g/mol. The van der Waals surface area contributed by atoms with E-state index in [1.807, 2.05) is 38.1 Å². The highest BCUT2D eigenvalue weighted by Crippen LogP contribution is 2.34. The molecular weight excluding hydrogens is 284 g/mol. The van der Waals surface area contributed by atoms with Gasteiger partial charge in [0.1, 0.15) is 0 Å². The fourth-order valence-corrected chi connectivity index (χ4v) is 3.75. The molecule has 1 N–H and O–H groups in total. The molecule has 1 amide bonds. The lowest BCUT2D eigenvalue weighted by Gasteiger charge is -2.36. The number of carbonyl (C=O) groups is 1. The van der Waals surface area contributed by atoms with Crippen molar-refractivity contribution in [3.8, 4) is 0 Å². The second kappa shape index (κ2) is 5.62. The number of hydrogen-bond acceptors (Lipinski definition) is 2. The van der Waals surface area contributed by atoms with Crippen molar-refractivity contribution in [2.75, 3.05) is 13.1 Å². The predicted octanol–water partition coefficient (Wildman–Crippen LogP) is 2.97. The maximum Gasteiger partial charge on any atom is 0.233 e. The molecule has 0 aromatic heterocycles. The summed E-state index contributed by atoms with van der Waals surface area (Å²) in [6.07, 6.45) is 3.34. The molecule has 4 heteroatoms. The zero-order chi connectivity index (χ0) is 15.0. The number of fused-ring (bicyclic) bond motifs is 2. The van der Waals surface area contributed by atoms with Crippen molar-refractivity contribution in [2.45, 2.75) is 50.6 Å². The van der Waals surface area contributed by atoms with Crippen LogP contribution in [0, 0.1) is 0 Å². The molecule has 0 radical (unpaired) electrons. The van der Waals surface area contributed by atoms with Crippen LogP contribution in [0.3, 0.4) is 0 Å². The van der Waals surface area contributed by atoms with E-state index >= 15 is 0 Å². The Hall–Kier alpha value is -1.06. The number of amides is 1. The number of hydrogen-bond donors (Lipinski definition) is 1. The van der Waals surface area contributed by atoms with Gasteiger partial charge in [-0.1, -0.05) is 23.7 Å². The fraction of sp³-hybridized carbons (Fsp3) is 0.588. The second-order valence-electron chi connectivity index (χ2n) is 6.72. The molecule has 21 heavy (non-hydrogen) atoms. The third kappa shape index (κ3) is 2.69. The van der Waals surface area contributed by atoms with Crippen molar-refractivity contribution in [3.63, 3.8) is 0 Å². The molecule has 2 saturated heterocycles. The van der Waals surface area contributed by atoms with Gasteiger partial charge >= 0.3 is 0 Å². The molecule has 0 saturated carbocycles. The molecule has 1 aromatic rings. The summed E-state index contributed by atoms with van der Waals surface area (Å²) >= 11 is 5.96. The normalized spacial score (nSPS) is 25.8. The highest BCUT2D eigenvalue weighted by molar-refractivity contribution is 6.30. The van der Waals surface area contributed by atoms with Crippen molar-refractivity contribution in [3.05, 3.63) is 34.9 Å². The summed E-state index contributed by atoms with van der Waals surface area (Å²) in [6, 6.07) is 8.44. The molecule has 2 aliphatic rings. The average Bonchev–Trinajstić information content (AvgIpc) is 2.71. The fourth-order valence-electron chi connectivity index (χ4n) is 3.63. The smallest absolute Gasteiger partial charge is 0.233 e. The number of rotatable bonds is 2. The molecule has 2 atom stereocenters. The predicted molar refractivity (Wildman–Crippen MR) is 85.6 cm³/mol. The van der Waals surface area contributed by atoms with Gasteiger partial charge in [-0.05, 0) is 57.4 Å². The van der Waals surface area contributed by atoms with Gasteiger partial charge in [0.05, 0.1) is 5.41 Å². The molecule has 1 aromatic carbocycles. The van der Waals surface area contributed by atoms with E-state index in [1.165, 1.54) is 0 Å². The van der Waals surface area contributed by atoms with Crippen LogP contribution in [0.1, 0.15) is 38.7 Å². The quantitative estimate of drug-likeness (QED) is 0.911. The SMILES string of the molecule is CC(C)(C(=O)N1C2CCNCC1CC2)c1ccc(Cl)cc1. The Labute approximate surface area is 131 Å². The zero-order valence-corrected chi connectivity index (χ0v) is 13.5. The van der Waals surface area contributed by atoms with Gasteiger partial charge in [0.15, 0.2) is 0 Å². The van der Waals surface area contributed by atoms with Crippen LogP contribution in [0.15, 0.2) is 24.3 Å². The maximum atomic E-state index is 13.2. The van der Waals surface area contributed by atoms with Crippen LogP contribution in [-0.4, -0.2) is 36.0 Å². The molecular formula is C17H23ClN2O. The lowest BCUT2D eigenvalue weighted by Crippen LogP contribution is -2.50. The van der Waals surface area contributed by atoms with Gasteiger partial charge < -0.3 is 10.2 Å². The van der Waals surface area contributed by atoms with Crippen LogP contribution >= 0.6 is 11.6 Å². The first-order valence-corrected chi connectivity index (χ1v) is 8.17. The minimum absolute atomic E-state index is 0.251. The zero-order valence-electron chi connectivity index (χ0n) is 12.7. The standard InChI is InChI=1S/C17H23ClN2O/c1-17(2,12-3-5-13(18)6-4-12)16(21)20-14-7-8-15(20)11-19-10-9-14/h3-6,14-15,19H,7-11H2,1-2H3. The monoisotopic (exact) mass is 306 g/mol. The lowest BCUT2D eigenvalue weighted by molar-refractivity contribution is -0.139. The molecule has 2 heterocycles. The van der Waals surface area contributed by atoms with E-state index in [1.54, 1.807) is 0 Å². The summed E-state index contributed by atoms with van der Waals surface area (Å²) in [7, 11) is 0. The van der Waals surface area contributed by atoms with E-state index in [2.05, 4.69) is 10.2 Å². The maximum absolute atomic E-state index is 13.2. The lowest BCUT2D eigenvalue weighted by atomic mass is 9.82. The molecule has 3 nitrogen and oxygen atoms in total. The van der Waals surface area contributed by atoms with Crippen molar-refractivity contribution in [1.29, 1.82) is 0 Å². The summed E-state index contributed by atoms with van der Waals surface area (Å²) in [6.45, 7) is 6.00. The number of benzene rings is 1. The molecule has 0 spiro atoms. The van der Waals surface area contributed by atoms with Crippen LogP contribution in [0.25, 0.3) is 0 Å². The van der Waals surface area contributed by atoms with Gasteiger partial charge in [-0.25, -0.2) is 0 Å². The molecule has 2 unspecified atom stereocenters. The van der Waals surface area contributed by atoms with Gasteiger partial charge in [-0.2, -0.15) is 0 Å². The summed E-state index contributed by atoms with van der Waals surface area (Å²) in [5, 5.41) is 4.16. The van der Waals surface area contributed by atoms with Gasteiger partial charge in [-0.15, -0.1) is 0 Å². The van der Waals surface area contributed by atoms with Crippen molar-refractivity contribution in [1.82, 2.24) is 10.2 Å². The Kier molecular flexibility index (Phi) is 3.98. The number of carbonyl (C=O) groups excluding carboxylic acids is 1. The van der Waals surface area contributed by atoms with Gasteiger partial charge in [-0.3, -0.25) is 4.79 Å². The highest BCUT2D eigenvalue weighted by Gasteiger charge is 2.43. The number of halogens is 1. The Morgan fingerprint density at radius 3 is 2.57 bits per heavy atom. The van der Waals surface area contributed by atoms with Gasteiger partial charge in [0.25, 0.3) is 0 Å². The Bertz CT molecular complexity index is 512. The van der Waals surface area contributed by atoms with E-state index < -0.39 is 5.41 Å². The first-order valence-electron chi connectivity index (χ1n) is 7.79. The third-order valence-corrected chi connectivity index (χ3v) is 5.24. The summed E-state index contributed by atoms with van der Waals surface area (Å²) in [4.78, 5) is 15.3. The minimum atomic E-state index is -0.504. The summed E-state index contributed by atoms with van der Waals surface area (Å²) in [5.74, 6) is 0.251. The first-order chi connectivity index (χ1) is 10.00. The molecule has 3 rings (SSSR count). The summed E-state index contributed by atoms with van der Waals surface area (Å²) < 4.78 is 0. The van der Waals surface area contributed by atoms with E-state index in [9.17, 15) is 4.79 Å². The Morgan fingerprint density at radius 1 is 1.19 bits per heavy atom. The van der Waals surface area contributed by atoms with Crippen molar-refractivity contribution < 1.29 is 4.79 Å². The summed E-state index contributed by atoms with van der Waals surface area (Å²) in [5.41, 5.74) is 0.531. The molecule has 114 valence electrons. The van der Waals surface area contributed by atoms with E-state index in [-0.39, 0.29) is 5.91 Å². The van der Waals surface area contributed by atoms with Crippen LogP contribution in [0.4, 0.5) is 0 Å². The molecule has 0 aliphatic carbocycles. The van der Waals surface area contributed by atoms with E-state index in [0.29, 0.717) is 17.1 Å². The minimum Gasteiger partial charge on any atom is -0.335 e. The van der Waals surface area contributed by atoms with Crippen LogP contribution in [-0.2, 0) is 10.2 Å². The Balaban J connectivity index is 1.87. The van der Waals surface area contributed by atoms with Crippen LogP contribution < -0.4 is 5.32 Å². The van der Waals surface area contributed by atoms with Crippen LogP contribution in [0.2, 0.25) is 5.02 Å². The van der Waals surface area contributed by atoms with Gasteiger partial charge in [0.2, 0.25) is 5.91 Å². The van der Waals surface area contributed by atoms with Crippen LogP contribution in [0.5, 0.6) is 0 Å². The topological polar surface area (TPSA) is 32.3 Å². The highest BCUT2D eigenvalue weighted by atomic mass is 35.5. The Morgan fingerprint density at radius 2 is 1.86 bits per heavy atom. The molecule has 2 fully saturated rings. The largest absolute Gasteiger partial charge is 0.335 e. The van der Waals surface area contributed by atoms with E-state index in [4.69, 9.17) is 11.6 Å².